The lowest BCUT2D eigenvalue weighted by Crippen LogP contribution is -2.16. The van der Waals surface area contributed by atoms with E-state index in [0.29, 0.717) is 30.4 Å². The molecule has 4 nitrogen and oxygen atoms in total. The van der Waals surface area contributed by atoms with Crippen LogP contribution in [0.2, 0.25) is 0 Å². The van der Waals surface area contributed by atoms with Gasteiger partial charge in [0.2, 0.25) is 5.91 Å². The van der Waals surface area contributed by atoms with Crippen molar-refractivity contribution >= 4 is 17.7 Å². The Balaban J connectivity index is 1.43. The average Bonchev–Trinajstić information content (AvgIpc) is 3.07. The van der Waals surface area contributed by atoms with Crippen LogP contribution in [0.15, 0.2) is 42.5 Å². The van der Waals surface area contributed by atoms with Crippen molar-refractivity contribution < 1.29 is 14.3 Å². The van der Waals surface area contributed by atoms with Gasteiger partial charge in [-0.15, -0.1) is 0 Å². The third-order valence-corrected chi connectivity index (χ3v) is 4.36. The van der Waals surface area contributed by atoms with Crippen LogP contribution < -0.4 is 14.8 Å². The molecule has 1 aliphatic carbocycles. The van der Waals surface area contributed by atoms with E-state index in [0.717, 1.165) is 12.0 Å². The standard InChI is InChI=1S/C20H19NO3/c22-20(9-5-14-4-6-15-2-1-3-16(15)12-14)21-17-7-8-18-19(13-17)24-11-10-23-18/h4-9,12-13H,1-3,10-11H2,(H,21,22)/b9-5+. The second-order valence-corrected chi connectivity index (χ2v) is 6.06. The molecular formula is C20H19NO3. The van der Waals surface area contributed by atoms with Gasteiger partial charge in [-0.05, 0) is 54.2 Å². The zero-order valence-electron chi connectivity index (χ0n) is 13.4. The van der Waals surface area contributed by atoms with Crippen LogP contribution in [0, 0.1) is 0 Å². The number of hydrogen-bond donors (Lipinski definition) is 1. The molecule has 2 aromatic rings. The first kappa shape index (κ1) is 14.8. The summed E-state index contributed by atoms with van der Waals surface area (Å²) in [6, 6.07) is 11.8. The lowest BCUT2D eigenvalue weighted by molar-refractivity contribution is -0.111. The lowest BCUT2D eigenvalue weighted by atomic mass is 10.1. The number of aryl methyl sites for hydroxylation is 2. The van der Waals surface area contributed by atoms with Gasteiger partial charge in [-0.1, -0.05) is 18.2 Å². The number of fused-ring (bicyclic) bond motifs is 2. The quantitative estimate of drug-likeness (QED) is 0.879. The molecule has 0 bridgehead atoms. The first-order valence-electron chi connectivity index (χ1n) is 8.28. The van der Waals surface area contributed by atoms with Crippen LogP contribution in [0.25, 0.3) is 6.08 Å². The molecule has 0 fully saturated rings. The monoisotopic (exact) mass is 321 g/mol. The molecule has 122 valence electrons. The van der Waals surface area contributed by atoms with Gasteiger partial charge in [-0.3, -0.25) is 4.79 Å². The van der Waals surface area contributed by atoms with E-state index in [2.05, 4.69) is 23.5 Å². The molecule has 0 spiro atoms. The van der Waals surface area contributed by atoms with Gasteiger partial charge in [0.1, 0.15) is 13.2 Å². The van der Waals surface area contributed by atoms with E-state index < -0.39 is 0 Å². The molecule has 1 N–H and O–H groups in total. The highest BCUT2D eigenvalue weighted by Gasteiger charge is 2.12. The van der Waals surface area contributed by atoms with Crippen LogP contribution in [-0.4, -0.2) is 19.1 Å². The van der Waals surface area contributed by atoms with Crippen LogP contribution in [0.3, 0.4) is 0 Å². The number of benzene rings is 2. The number of carbonyl (C=O) groups is 1. The van der Waals surface area contributed by atoms with Gasteiger partial charge >= 0.3 is 0 Å². The highest BCUT2D eigenvalue weighted by molar-refractivity contribution is 6.02. The van der Waals surface area contributed by atoms with Crippen molar-refractivity contribution in [2.75, 3.05) is 18.5 Å². The van der Waals surface area contributed by atoms with Crippen molar-refractivity contribution in [1.82, 2.24) is 0 Å². The van der Waals surface area contributed by atoms with Crippen LogP contribution in [0.1, 0.15) is 23.1 Å². The van der Waals surface area contributed by atoms with Crippen LogP contribution in [-0.2, 0) is 17.6 Å². The van der Waals surface area contributed by atoms with Crippen molar-refractivity contribution in [2.45, 2.75) is 19.3 Å². The van der Waals surface area contributed by atoms with E-state index in [4.69, 9.17) is 9.47 Å². The third kappa shape index (κ3) is 3.13. The summed E-state index contributed by atoms with van der Waals surface area (Å²) in [5, 5.41) is 2.85. The molecule has 0 atom stereocenters. The second kappa shape index (κ2) is 6.40. The maximum absolute atomic E-state index is 12.1. The zero-order valence-corrected chi connectivity index (χ0v) is 13.4. The van der Waals surface area contributed by atoms with Gasteiger partial charge in [-0.2, -0.15) is 0 Å². The zero-order chi connectivity index (χ0) is 16.4. The Morgan fingerprint density at radius 3 is 2.71 bits per heavy atom. The summed E-state index contributed by atoms with van der Waals surface area (Å²) in [6.07, 6.45) is 6.96. The van der Waals surface area contributed by atoms with Gasteiger partial charge in [0, 0.05) is 17.8 Å². The molecule has 0 radical (unpaired) electrons. The highest BCUT2D eigenvalue weighted by Crippen LogP contribution is 2.32. The number of hydrogen-bond acceptors (Lipinski definition) is 3. The summed E-state index contributed by atoms with van der Waals surface area (Å²) in [4.78, 5) is 12.1. The number of ether oxygens (including phenoxy) is 2. The van der Waals surface area contributed by atoms with Crippen LogP contribution in [0.5, 0.6) is 11.5 Å². The molecule has 24 heavy (non-hydrogen) atoms. The first-order chi connectivity index (χ1) is 11.8. The van der Waals surface area contributed by atoms with Crippen molar-refractivity contribution in [3.63, 3.8) is 0 Å². The summed E-state index contributed by atoms with van der Waals surface area (Å²) < 4.78 is 11.0. The molecule has 1 aliphatic heterocycles. The van der Waals surface area contributed by atoms with Gasteiger partial charge in [0.05, 0.1) is 0 Å². The summed E-state index contributed by atoms with van der Waals surface area (Å²) in [5.41, 5.74) is 4.60. The van der Waals surface area contributed by atoms with Crippen LogP contribution >= 0.6 is 0 Å². The fourth-order valence-corrected chi connectivity index (χ4v) is 3.17. The van der Waals surface area contributed by atoms with Gasteiger partial charge < -0.3 is 14.8 Å². The molecule has 1 heterocycles. The van der Waals surface area contributed by atoms with Crippen LogP contribution in [0.4, 0.5) is 5.69 Å². The van der Waals surface area contributed by atoms with E-state index in [1.54, 1.807) is 12.1 Å². The molecule has 0 saturated carbocycles. The molecule has 0 aromatic heterocycles. The van der Waals surface area contributed by atoms with Crippen molar-refractivity contribution in [3.8, 4) is 11.5 Å². The number of amides is 1. The lowest BCUT2D eigenvalue weighted by Gasteiger charge is -2.18. The Kier molecular flexibility index (Phi) is 3.95. The third-order valence-electron chi connectivity index (χ3n) is 4.36. The molecular weight excluding hydrogens is 302 g/mol. The number of anilines is 1. The first-order valence-corrected chi connectivity index (χ1v) is 8.28. The molecule has 0 unspecified atom stereocenters. The summed E-state index contributed by atoms with van der Waals surface area (Å²) >= 11 is 0. The predicted molar refractivity (Wildman–Crippen MR) is 93.6 cm³/mol. The minimum atomic E-state index is -0.160. The highest BCUT2D eigenvalue weighted by atomic mass is 16.6. The molecule has 1 amide bonds. The van der Waals surface area contributed by atoms with E-state index in [-0.39, 0.29) is 5.91 Å². The van der Waals surface area contributed by atoms with Crippen molar-refractivity contribution in [3.05, 3.63) is 59.2 Å². The van der Waals surface area contributed by atoms with Gasteiger partial charge in [0.15, 0.2) is 11.5 Å². The van der Waals surface area contributed by atoms with Crippen molar-refractivity contribution in [2.24, 2.45) is 0 Å². The summed E-state index contributed by atoms with van der Waals surface area (Å²) in [7, 11) is 0. The number of carbonyl (C=O) groups excluding carboxylic acids is 1. The van der Waals surface area contributed by atoms with Crippen molar-refractivity contribution in [1.29, 1.82) is 0 Å². The minimum absolute atomic E-state index is 0.160. The fourth-order valence-electron chi connectivity index (χ4n) is 3.17. The van der Waals surface area contributed by atoms with E-state index >= 15 is 0 Å². The average molecular weight is 321 g/mol. The van der Waals surface area contributed by atoms with E-state index in [9.17, 15) is 4.79 Å². The normalized spacial score (nSPS) is 15.3. The maximum Gasteiger partial charge on any atom is 0.248 e. The Bertz CT molecular complexity index is 811. The Morgan fingerprint density at radius 1 is 0.958 bits per heavy atom. The van der Waals surface area contributed by atoms with Gasteiger partial charge in [-0.25, -0.2) is 0 Å². The molecule has 0 saturated heterocycles. The second-order valence-electron chi connectivity index (χ2n) is 6.06. The van der Waals surface area contributed by atoms with E-state index in [1.165, 1.54) is 24.0 Å². The van der Waals surface area contributed by atoms with Gasteiger partial charge in [0.25, 0.3) is 0 Å². The van der Waals surface area contributed by atoms with E-state index in [1.807, 2.05) is 18.2 Å². The molecule has 2 aliphatic rings. The number of rotatable bonds is 3. The summed E-state index contributed by atoms with van der Waals surface area (Å²) in [6.45, 7) is 1.09. The Hall–Kier alpha value is -2.75. The molecule has 2 aromatic carbocycles. The predicted octanol–water partition coefficient (Wildman–Crippen LogP) is 3.60. The number of nitrogens with one attached hydrogen (secondary N) is 1. The SMILES string of the molecule is O=C(/C=C/c1ccc2c(c1)CCC2)Nc1ccc2c(c1)OCCO2. The molecule has 4 rings (SSSR count). The maximum atomic E-state index is 12.1. The Morgan fingerprint density at radius 2 is 1.79 bits per heavy atom. The fraction of sp³-hybridized carbons (Fsp3) is 0.250. The topological polar surface area (TPSA) is 47.6 Å². The smallest absolute Gasteiger partial charge is 0.248 e. The molecule has 4 heteroatoms. The largest absolute Gasteiger partial charge is 0.486 e. The summed E-state index contributed by atoms with van der Waals surface area (Å²) in [5.74, 6) is 1.22. The Labute approximate surface area is 141 Å². The minimum Gasteiger partial charge on any atom is -0.486 e.